The number of pyridine rings is 1. The van der Waals surface area contributed by atoms with Crippen LogP contribution in [0.4, 0.5) is 5.82 Å². The van der Waals surface area contributed by atoms with Gasteiger partial charge in [-0.25, -0.2) is 9.78 Å². The lowest BCUT2D eigenvalue weighted by Crippen LogP contribution is -2.17. The van der Waals surface area contributed by atoms with Crippen LogP contribution in [0, 0.1) is 0 Å². The van der Waals surface area contributed by atoms with Crippen LogP contribution < -0.4 is 4.90 Å². The molecule has 0 radical (unpaired) electrons. The molecule has 82 valence electrons. The third-order valence-corrected chi connectivity index (χ3v) is 2.71. The average molecular weight is 226 g/mol. The summed E-state index contributed by atoms with van der Waals surface area (Å²) in [6, 6.07) is 1.81. The number of hydrogen-bond acceptors (Lipinski definition) is 5. The highest BCUT2D eigenvalue weighted by Crippen LogP contribution is 2.27. The maximum atomic E-state index is 11.6. The summed E-state index contributed by atoms with van der Waals surface area (Å²) < 4.78 is 4.75. The molecule has 0 aliphatic heterocycles. The van der Waals surface area contributed by atoms with E-state index in [1.165, 1.54) is 18.9 Å². The molecule has 0 bridgehead atoms. The van der Waals surface area contributed by atoms with Gasteiger partial charge in [-0.1, -0.05) is 0 Å². The topological polar surface area (TPSA) is 42.4 Å². The van der Waals surface area contributed by atoms with Crippen LogP contribution in [0.5, 0.6) is 0 Å². The molecule has 0 fully saturated rings. The van der Waals surface area contributed by atoms with Crippen molar-refractivity contribution in [2.75, 3.05) is 32.4 Å². The molecular formula is C10H14N2O2S. The number of thioether (sulfide) groups is 1. The van der Waals surface area contributed by atoms with Crippen LogP contribution in [-0.2, 0) is 4.74 Å². The van der Waals surface area contributed by atoms with Gasteiger partial charge in [0.25, 0.3) is 0 Å². The van der Waals surface area contributed by atoms with Gasteiger partial charge in [-0.15, -0.1) is 11.8 Å². The molecule has 0 aliphatic rings. The van der Waals surface area contributed by atoms with Crippen LogP contribution in [0.2, 0.25) is 0 Å². The minimum atomic E-state index is -0.351. The summed E-state index contributed by atoms with van der Waals surface area (Å²) in [4.78, 5) is 18.5. The predicted molar refractivity (Wildman–Crippen MR) is 61.7 cm³/mol. The second-order valence-corrected chi connectivity index (χ2v) is 3.95. The van der Waals surface area contributed by atoms with Crippen molar-refractivity contribution in [2.24, 2.45) is 0 Å². The zero-order chi connectivity index (χ0) is 11.4. The highest BCUT2D eigenvalue weighted by molar-refractivity contribution is 7.98. The van der Waals surface area contributed by atoms with Gasteiger partial charge in [0.05, 0.1) is 7.11 Å². The van der Waals surface area contributed by atoms with E-state index in [9.17, 15) is 4.79 Å². The van der Waals surface area contributed by atoms with Crippen molar-refractivity contribution in [3.8, 4) is 0 Å². The lowest BCUT2D eigenvalue weighted by atomic mass is 10.2. The number of aromatic nitrogens is 1. The SMILES string of the molecule is COC(=O)c1c(SC)ccnc1N(C)C. The number of methoxy groups -OCH3 is 1. The van der Waals surface area contributed by atoms with Crippen molar-refractivity contribution in [2.45, 2.75) is 4.90 Å². The molecule has 0 spiro atoms. The van der Waals surface area contributed by atoms with Crippen LogP contribution in [0.15, 0.2) is 17.2 Å². The van der Waals surface area contributed by atoms with Gasteiger partial charge in [-0.05, 0) is 12.3 Å². The zero-order valence-electron chi connectivity index (χ0n) is 9.27. The van der Waals surface area contributed by atoms with Crippen molar-refractivity contribution >= 4 is 23.5 Å². The van der Waals surface area contributed by atoms with E-state index in [4.69, 9.17) is 4.74 Å². The molecule has 0 amide bonds. The largest absolute Gasteiger partial charge is 0.465 e. The Labute approximate surface area is 93.6 Å². The Kier molecular flexibility index (Phi) is 3.96. The molecule has 0 N–H and O–H groups in total. The first-order chi connectivity index (χ1) is 7.11. The Morgan fingerprint density at radius 1 is 1.53 bits per heavy atom. The number of nitrogens with zero attached hydrogens (tertiary/aromatic N) is 2. The highest BCUT2D eigenvalue weighted by Gasteiger charge is 2.18. The zero-order valence-corrected chi connectivity index (χ0v) is 10.1. The molecule has 1 aromatic heterocycles. The first-order valence-electron chi connectivity index (χ1n) is 4.40. The Bertz CT molecular complexity index is 366. The van der Waals surface area contributed by atoms with Gasteiger partial charge < -0.3 is 9.64 Å². The monoisotopic (exact) mass is 226 g/mol. The minimum Gasteiger partial charge on any atom is -0.465 e. The Hall–Kier alpha value is -1.23. The molecule has 0 unspecified atom stereocenters. The number of carbonyl (C=O) groups excluding carboxylic acids is 1. The van der Waals surface area contributed by atoms with E-state index in [0.717, 1.165) is 4.90 Å². The van der Waals surface area contributed by atoms with Gasteiger partial charge in [0, 0.05) is 25.2 Å². The van der Waals surface area contributed by atoms with E-state index in [1.54, 1.807) is 11.1 Å². The van der Waals surface area contributed by atoms with Crippen LogP contribution >= 0.6 is 11.8 Å². The number of hydrogen-bond donors (Lipinski definition) is 0. The summed E-state index contributed by atoms with van der Waals surface area (Å²) in [5, 5.41) is 0. The molecule has 5 heteroatoms. The minimum absolute atomic E-state index is 0.351. The van der Waals surface area contributed by atoms with Crippen molar-refractivity contribution in [1.29, 1.82) is 0 Å². The molecule has 1 aromatic rings. The fourth-order valence-electron chi connectivity index (χ4n) is 1.24. The molecule has 0 saturated heterocycles. The van der Waals surface area contributed by atoms with Gasteiger partial charge >= 0.3 is 5.97 Å². The summed E-state index contributed by atoms with van der Waals surface area (Å²) in [5.41, 5.74) is 0.525. The lowest BCUT2D eigenvalue weighted by molar-refractivity contribution is 0.0597. The fraction of sp³-hybridized carbons (Fsp3) is 0.400. The fourth-order valence-corrected chi connectivity index (χ4v) is 1.81. The molecule has 0 atom stereocenters. The molecule has 0 aliphatic carbocycles. The molecule has 4 nitrogen and oxygen atoms in total. The van der Waals surface area contributed by atoms with E-state index < -0.39 is 0 Å². The number of rotatable bonds is 3. The smallest absolute Gasteiger partial charge is 0.342 e. The van der Waals surface area contributed by atoms with Crippen molar-refractivity contribution < 1.29 is 9.53 Å². The normalized spacial score (nSPS) is 9.87. The average Bonchev–Trinajstić information content (AvgIpc) is 2.26. The number of anilines is 1. The second-order valence-electron chi connectivity index (χ2n) is 3.10. The Morgan fingerprint density at radius 3 is 2.67 bits per heavy atom. The number of carbonyl (C=O) groups is 1. The summed E-state index contributed by atoms with van der Waals surface area (Å²) in [6.45, 7) is 0. The van der Waals surface area contributed by atoms with Crippen LogP contribution in [0.1, 0.15) is 10.4 Å². The molecule has 1 heterocycles. The Balaban J connectivity index is 3.33. The first kappa shape index (κ1) is 11.8. The van der Waals surface area contributed by atoms with Crippen LogP contribution in [0.25, 0.3) is 0 Å². The van der Waals surface area contributed by atoms with Crippen molar-refractivity contribution in [3.63, 3.8) is 0 Å². The van der Waals surface area contributed by atoms with Gasteiger partial charge in [0.1, 0.15) is 11.4 Å². The third kappa shape index (κ3) is 2.41. The maximum Gasteiger partial charge on any atom is 0.342 e. The van der Waals surface area contributed by atoms with Crippen molar-refractivity contribution in [1.82, 2.24) is 4.98 Å². The lowest BCUT2D eigenvalue weighted by Gasteiger charge is -2.16. The number of ether oxygens (including phenoxy) is 1. The highest BCUT2D eigenvalue weighted by atomic mass is 32.2. The summed E-state index contributed by atoms with van der Waals surface area (Å²) in [5.74, 6) is 0.282. The van der Waals surface area contributed by atoms with Crippen molar-refractivity contribution in [3.05, 3.63) is 17.8 Å². The number of esters is 1. The molecule has 15 heavy (non-hydrogen) atoms. The first-order valence-corrected chi connectivity index (χ1v) is 5.63. The predicted octanol–water partition coefficient (Wildman–Crippen LogP) is 1.66. The van der Waals surface area contributed by atoms with E-state index >= 15 is 0 Å². The summed E-state index contributed by atoms with van der Waals surface area (Å²) >= 11 is 1.50. The third-order valence-electron chi connectivity index (χ3n) is 1.93. The standard InChI is InChI=1S/C10H14N2O2S/c1-12(2)9-8(10(13)14-3)7(15-4)5-6-11-9/h5-6H,1-4H3. The van der Waals surface area contributed by atoms with E-state index in [0.29, 0.717) is 11.4 Å². The van der Waals surface area contributed by atoms with Gasteiger partial charge in [-0.3, -0.25) is 0 Å². The molecule has 0 saturated carbocycles. The van der Waals surface area contributed by atoms with Gasteiger partial charge in [0.2, 0.25) is 0 Å². The van der Waals surface area contributed by atoms with Gasteiger partial charge in [0.15, 0.2) is 0 Å². The molecular weight excluding hydrogens is 212 g/mol. The van der Waals surface area contributed by atoms with E-state index in [1.807, 2.05) is 26.4 Å². The summed E-state index contributed by atoms with van der Waals surface area (Å²) in [7, 11) is 5.07. The maximum absolute atomic E-state index is 11.6. The molecule has 0 aromatic carbocycles. The second kappa shape index (κ2) is 5.02. The molecule has 1 rings (SSSR count). The van der Waals surface area contributed by atoms with Crippen LogP contribution in [0.3, 0.4) is 0 Å². The van der Waals surface area contributed by atoms with Gasteiger partial charge in [-0.2, -0.15) is 0 Å². The Morgan fingerprint density at radius 2 is 2.20 bits per heavy atom. The van der Waals surface area contributed by atoms with E-state index in [2.05, 4.69) is 4.98 Å². The summed E-state index contributed by atoms with van der Waals surface area (Å²) in [6.07, 6.45) is 3.61. The van der Waals surface area contributed by atoms with Crippen LogP contribution in [-0.4, -0.2) is 38.4 Å². The quantitative estimate of drug-likeness (QED) is 0.579. The van der Waals surface area contributed by atoms with E-state index in [-0.39, 0.29) is 5.97 Å².